The quantitative estimate of drug-likeness (QED) is 0.377. The van der Waals surface area contributed by atoms with Crippen molar-refractivity contribution in [1.82, 2.24) is 13.5 Å². The van der Waals surface area contributed by atoms with Crippen LogP contribution < -0.4 is 14.8 Å². The maximum Gasteiger partial charge on any atom is 0.243 e. The fourth-order valence-corrected chi connectivity index (χ4v) is 5.32. The summed E-state index contributed by atoms with van der Waals surface area (Å²) >= 11 is 0.934. The van der Waals surface area contributed by atoms with Gasteiger partial charge in [-0.3, -0.25) is 4.79 Å². The van der Waals surface area contributed by atoms with Crippen LogP contribution in [0.5, 0.6) is 5.75 Å². The van der Waals surface area contributed by atoms with Crippen molar-refractivity contribution in [2.24, 2.45) is 0 Å². The van der Waals surface area contributed by atoms with Gasteiger partial charge in [-0.2, -0.15) is 13.5 Å². The molecule has 0 bridgehead atoms. The van der Waals surface area contributed by atoms with Crippen LogP contribution in [0.2, 0.25) is 0 Å². The van der Waals surface area contributed by atoms with Crippen molar-refractivity contribution in [2.75, 3.05) is 11.9 Å². The number of carbonyl (C=O) groups is 1. The molecule has 0 saturated carbocycles. The minimum absolute atomic E-state index is 0.0191. The average molecular weight is 483 g/mol. The number of amides is 1. The maximum atomic E-state index is 13.3. The molecule has 4 aromatic rings. The van der Waals surface area contributed by atoms with Gasteiger partial charge in [0.1, 0.15) is 27.7 Å². The van der Waals surface area contributed by atoms with Crippen molar-refractivity contribution < 1.29 is 17.9 Å². The molecule has 0 aliphatic heterocycles. The van der Waals surface area contributed by atoms with Gasteiger partial charge >= 0.3 is 0 Å². The number of sulfonamides is 1. The zero-order valence-electron chi connectivity index (χ0n) is 17.8. The van der Waals surface area contributed by atoms with Crippen molar-refractivity contribution >= 4 is 44.4 Å². The number of nitrogens with one attached hydrogen (secondary N) is 2. The first-order chi connectivity index (χ1) is 16.0. The van der Waals surface area contributed by atoms with Gasteiger partial charge in [-0.1, -0.05) is 48.5 Å². The molecule has 1 atom stereocenters. The van der Waals surface area contributed by atoms with E-state index in [1.807, 2.05) is 37.3 Å². The highest BCUT2D eigenvalue weighted by molar-refractivity contribution is 7.89. The van der Waals surface area contributed by atoms with Crippen LogP contribution >= 0.6 is 11.7 Å². The van der Waals surface area contributed by atoms with Gasteiger partial charge in [-0.05, 0) is 43.2 Å². The Morgan fingerprint density at radius 3 is 2.55 bits per heavy atom. The van der Waals surface area contributed by atoms with Gasteiger partial charge in [0, 0.05) is 0 Å². The first-order valence-corrected chi connectivity index (χ1v) is 12.5. The van der Waals surface area contributed by atoms with E-state index in [0.29, 0.717) is 23.6 Å². The minimum atomic E-state index is -4.07. The van der Waals surface area contributed by atoms with Crippen LogP contribution in [0.1, 0.15) is 12.5 Å². The van der Waals surface area contributed by atoms with Crippen molar-refractivity contribution in [3.63, 3.8) is 0 Å². The number of fused-ring (bicyclic) bond motifs is 1. The lowest BCUT2D eigenvalue weighted by Crippen LogP contribution is -2.45. The number of ether oxygens (including phenoxy) is 1. The van der Waals surface area contributed by atoms with E-state index in [1.54, 1.807) is 36.4 Å². The third kappa shape index (κ3) is 5.36. The molecule has 10 heteroatoms. The van der Waals surface area contributed by atoms with Crippen LogP contribution in [-0.2, 0) is 21.2 Å². The summed E-state index contributed by atoms with van der Waals surface area (Å²) in [6.07, 6.45) is 0.161. The molecule has 0 aliphatic rings. The number of hydrogen-bond donors (Lipinski definition) is 2. The van der Waals surface area contributed by atoms with Gasteiger partial charge in [0.25, 0.3) is 0 Å². The Labute approximate surface area is 196 Å². The zero-order valence-corrected chi connectivity index (χ0v) is 19.4. The fraction of sp³-hybridized carbons (Fsp3) is 0.174. The molecule has 2 N–H and O–H groups in total. The van der Waals surface area contributed by atoms with E-state index < -0.39 is 22.0 Å². The molecule has 1 aromatic heterocycles. The minimum Gasteiger partial charge on any atom is -0.492 e. The highest BCUT2D eigenvalue weighted by Gasteiger charge is 2.28. The molecule has 1 unspecified atom stereocenters. The number of nitrogens with zero attached hydrogens (tertiary/aromatic N) is 2. The molecule has 0 fully saturated rings. The molecule has 1 amide bonds. The number of anilines is 1. The lowest BCUT2D eigenvalue weighted by molar-refractivity contribution is -0.117. The Hall–Kier alpha value is -3.34. The average Bonchev–Trinajstić information content (AvgIpc) is 3.29. The fourth-order valence-electron chi connectivity index (χ4n) is 3.36. The monoisotopic (exact) mass is 482 g/mol. The van der Waals surface area contributed by atoms with Crippen LogP contribution in [-0.4, -0.2) is 35.7 Å². The first kappa shape index (κ1) is 22.8. The van der Waals surface area contributed by atoms with Gasteiger partial charge in [0.15, 0.2) is 0 Å². The van der Waals surface area contributed by atoms with E-state index in [-0.39, 0.29) is 16.8 Å². The van der Waals surface area contributed by atoms with E-state index in [9.17, 15) is 13.2 Å². The normalized spacial score (nSPS) is 12.4. The van der Waals surface area contributed by atoms with Gasteiger partial charge in [0.05, 0.1) is 24.0 Å². The van der Waals surface area contributed by atoms with Gasteiger partial charge in [-0.25, -0.2) is 8.42 Å². The Bertz CT molecular complexity index is 1360. The highest BCUT2D eigenvalue weighted by atomic mass is 32.2. The molecule has 3 aromatic carbocycles. The predicted molar refractivity (Wildman–Crippen MR) is 128 cm³/mol. The van der Waals surface area contributed by atoms with Crippen LogP contribution in [0.3, 0.4) is 0 Å². The summed E-state index contributed by atoms with van der Waals surface area (Å²) in [6, 6.07) is 19.9. The number of hydrogen-bond acceptors (Lipinski definition) is 7. The van der Waals surface area contributed by atoms with E-state index >= 15 is 0 Å². The van der Waals surface area contributed by atoms with Crippen LogP contribution in [0.15, 0.2) is 77.7 Å². The summed E-state index contributed by atoms with van der Waals surface area (Å²) in [5, 5.41) is 2.81. The van der Waals surface area contributed by atoms with E-state index in [0.717, 1.165) is 17.3 Å². The summed E-state index contributed by atoms with van der Waals surface area (Å²) < 4.78 is 42.9. The number of rotatable bonds is 9. The van der Waals surface area contributed by atoms with Gasteiger partial charge < -0.3 is 10.1 Å². The predicted octanol–water partition coefficient (Wildman–Crippen LogP) is 3.62. The number of para-hydroxylation sites is 2. The number of benzene rings is 3. The van der Waals surface area contributed by atoms with Crippen molar-refractivity contribution in [2.45, 2.75) is 24.3 Å². The summed E-state index contributed by atoms with van der Waals surface area (Å²) in [5.74, 6) is 0.00569. The van der Waals surface area contributed by atoms with E-state index in [4.69, 9.17) is 4.74 Å². The summed E-state index contributed by atoms with van der Waals surface area (Å²) in [6.45, 7) is 2.28. The number of aromatic nitrogens is 2. The molecule has 33 heavy (non-hydrogen) atoms. The summed E-state index contributed by atoms with van der Waals surface area (Å²) in [4.78, 5) is 13.3. The lowest BCUT2D eigenvalue weighted by atomic mass is 10.1. The second kappa shape index (κ2) is 10.1. The van der Waals surface area contributed by atoms with Crippen molar-refractivity contribution in [1.29, 1.82) is 0 Å². The SMILES string of the molecule is CCOc1ccccc1NC(=O)C(Cc1ccccc1)NS(=O)(=O)c1cccc2nsnc12. The van der Waals surface area contributed by atoms with Gasteiger partial charge in [-0.15, -0.1) is 0 Å². The van der Waals surface area contributed by atoms with Crippen LogP contribution in [0.25, 0.3) is 11.0 Å². The molecule has 170 valence electrons. The third-order valence-corrected chi connectivity index (χ3v) is 6.93. The first-order valence-electron chi connectivity index (χ1n) is 10.3. The smallest absolute Gasteiger partial charge is 0.243 e. The second-order valence-electron chi connectivity index (χ2n) is 7.17. The molecule has 0 saturated heterocycles. The Morgan fingerprint density at radius 1 is 1.00 bits per heavy atom. The molecule has 1 heterocycles. The number of carbonyl (C=O) groups excluding carboxylic acids is 1. The highest BCUT2D eigenvalue weighted by Crippen LogP contribution is 2.25. The summed E-state index contributed by atoms with van der Waals surface area (Å²) in [7, 11) is -4.07. The Balaban J connectivity index is 1.65. The molecular formula is C23H22N4O4S2. The molecule has 0 spiro atoms. The van der Waals surface area contributed by atoms with Gasteiger partial charge in [0.2, 0.25) is 15.9 Å². The maximum absolute atomic E-state index is 13.3. The molecule has 4 rings (SSSR count). The summed E-state index contributed by atoms with van der Waals surface area (Å²) in [5.41, 5.74) is 2.03. The van der Waals surface area contributed by atoms with Crippen LogP contribution in [0.4, 0.5) is 5.69 Å². The molecule has 0 aliphatic carbocycles. The molecular weight excluding hydrogens is 460 g/mol. The Morgan fingerprint density at radius 2 is 1.76 bits per heavy atom. The second-order valence-corrected chi connectivity index (χ2v) is 9.38. The van der Waals surface area contributed by atoms with E-state index in [1.165, 1.54) is 6.07 Å². The standard InChI is InChI=1S/C23H22N4O4S2/c1-2-31-20-13-7-6-11-17(20)24-23(28)19(15-16-9-4-3-5-10-16)27-33(29,30)21-14-8-12-18-22(21)26-32-25-18/h3-14,19,27H,2,15H2,1H3,(H,24,28). The molecule has 0 radical (unpaired) electrons. The van der Waals surface area contributed by atoms with Crippen molar-refractivity contribution in [3.8, 4) is 5.75 Å². The lowest BCUT2D eigenvalue weighted by Gasteiger charge is -2.20. The molecule has 8 nitrogen and oxygen atoms in total. The van der Waals surface area contributed by atoms with E-state index in [2.05, 4.69) is 18.8 Å². The van der Waals surface area contributed by atoms with Crippen LogP contribution in [0, 0.1) is 0 Å². The third-order valence-electron chi connectivity index (χ3n) is 4.88. The largest absolute Gasteiger partial charge is 0.492 e. The zero-order chi connectivity index (χ0) is 23.3. The topological polar surface area (TPSA) is 110 Å². The van der Waals surface area contributed by atoms with Crippen molar-refractivity contribution in [3.05, 3.63) is 78.4 Å². The Kier molecular flexibility index (Phi) is 6.97.